The van der Waals surface area contributed by atoms with Crippen molar-refractivity contribution < 1.29 is 14.3 Å². The number of amides is 1. The average Bonchev–Trinajstić information content (AvgIpc) is 2.66. The molecule has 0 aliphatic carbocycles. The van der Waals surface area contributed by atoms with E-state index >= 15 is 0 Å². The second-order valence-electron chi connectivity index (χ2n) is 6.29. The topological polar surface area (TPSA) is 81.9 Å². The molecule has 28 heavy (non-hydrogen) atoms. The lowest BCUT2D eigenvalue weighted by Gasteiger charge is -2.13. The van der Waals surface area contributed by atoms with Crippen molar-refractivity contribution in [1.82, 2.24) is 9.38 Å². The first-order valence-electron chi connectivity index (χ1n) is 9.15. The van der Waals surface area contributed by atoms with Crippen LogP contribution in [0, 0.1) is 13.8 Å². The van der Waals surface area contributed by atoms with E-state index in [1.54, 1.807) is 31.3 Å². The van der Waals surface area contributed by atoms with Crippen LogP contribution >= 0.6 is 0 Å². The molecule has 0 unspecified atom stereocenters. The Hall–Kier alpha value is -3.35. The number of nitrogens with zero attached hydrogens (tertiary/aromatic N) is 2. The first-order valence-corrected chi connectivity index (χ1v) is 9.15. The molecule has 146 valence electrons. The zero-order valence-corrected chi connectivity index (χ0v) is 16.4. The van der Waals surface area contributed by atoms with Gasteiger partial charge in [0.25, 0.3) is 11.5 Å². The van der Waals surface area contributed by atoms with E-state index in [-0.39, 0.29) is 11.2 Å². The maximum atomic E-state index is 12.8. The van der Waals surface area contributed by atoms with Crippen LogP contribution in [0.15, 0.2) is 41.3 Å². The largest absolute Gasteiger partial charge is 0.490 e. The van der Waals surface area contributed by atoms with Crippen molar-refractivity contribution in [3.8, 4) is 11.5 Å². The number of hydrogen-bond acceptors (Lipinski definition) is 5. The number of aryl methyl sites for hydroxylation is 2. The van der Waals surface area contributed by atoms with Crippen molar-refractivity contribution in [1.29, 1.82) is 0 Å². The van der Waals surface area contributed by atoms with Gasteiger partial charge in [-0.2, -0.15) is 0 Å². The van der Waals surface area contributed by atoms with E-state index in [4.69, 9.17) is 9.47 Å². The number of aromatic nitrogens is 2. The number of hydrogen-bond donors (Lipinski definition) is 1. The van der Waals surface area contributed by atoms with Gasteiger partial charge in [0.05, 0.1) is 18.9 Å². The summed E-state index contributed by atoms with van der Waals surface area (Å²) >= 11 is 0. The molecule has 0 radical (unpaired) electrons. The molecule has 2 heterocycles. The first-order chi connectivity index (χ1) is 13.4. The molecule has 0 atom stereocenters. The maximum Gasteiger partial charge on any atom is 0.281 e. The normalized spacial score (nSPS) is 10.7. The van der Waals surface area contributed by atoms with Crippen molar-refractivity contribution >= 4 is 17.2 Å². The molecule has 0 spiro atoms. The number of carbonyl (C=O) groups excluding carboxylic acids is 1. The van der Waals surface area contributed by atoms with Gasteiger partial charge in [-0.25, -0.2) is 4.98 Å². The van der Waals surface area contributed by atoms with Crippen molar-refractivity contribution in [2.24, 2.45) is 0 Å². The molecule has 1 N–H and O–H groups in total. The summed E-state index contributed by atoms with van der Waals surface area (Å²) in [5.74, 6) is 0.635. The molecule has 7 nitrogen and oxygen atoms in total. The molecule has 3 rings (SSSR count). The Morgan fingerprint density at radius 1 is 1.07 bits per heavy atom. The number of nitrogens with one attached hydrogen (secondary N) is 1. The van der Waals surface area contributed by atoms with Gasteiger partial charge in [-0.15, -0.1) is 0 Å². The fourth-order valence-corrected chi connectivity index (χ4v) is 2.87. The van der Waals surface area contributed by atoms with Gasteiger partial charge in [0, 0.05) is 11.8 Å². The van der Waals surface area contributed by atoms with E-state index in [0.717, 1.165) is 5.56 Å². The molecular weight excluding hydrogens is 358 g/mol. The van der Waals surface area contributed by atoms with Crippen molar-refractivity contribution in [3.05, 3.63) is 63.7 Å². The van der Waals surface area contributed by atoms with E-state index < -0.39 is 5.91 Å². The van der Waals surface area contributed by atoms with Gasteiger partial charge in [0.15, 0.2) is 11.5 Å². The predicted molar refractivity (Wildman–Crippen MR) is 108 cm³/mol. The zero-order valence-electron chi connectivity index (χ0n) is 16.4. The molecule has 1 amide bonds. The lowest BCUT2D eigenvalue weighted by molar-refractivity contribution is 0.102. The average molecular weight is 381 g/mol. The molecular formula is C21H23N3O4. The smallest absolute Gasteiger partial charge is 0.281 e. The zero-order chi connectivity index (χ0) is 20.3. The number of ether oxygens (including phenoxy) is 2. The summed E-state index contributed by atoms with van der Waals surface area (Å²) in [5.41, 5.74) is 2.19. The van der Waals surface area contributed by atoms with Gasteiger partial charge in [-0.05, 0) is 63.6 Å². The molecule has 0 aliphatic rings. The molecule has 0 saturated carbocycles. The van der Waals surface area contributed by atoms with E-state index in [1.165, 1.54) is 4.40 Å². The van der Waals surface area contributed by atoms with Crippen LogP contribution < -0.4 is 20.3 Å². The van der Waals surface area contributed by atoms with Gasteiger partial charge in [0.1, 0.15) is 11.3 Å². The van der Waals surface area contributed by atoms with Gasteiger partial charge in [-0.3, -0.25) is 14.0 Å². The number of benzene rings is 1. The van der Waals surface area contributed by atoms with E-state index in [2.05, 4.69) is 10.3 Å². The highest BCUT2D eigenvalue weighted by Crippen LogP contribution is 2.28. The molecule has 1 aromatic carbocycles. The summed E-state index contributed by atoms with van der Waals surface area (Å²) in [6.07, 6.45) is 1.65. The minimum Gasteiger partial charge on any atom is -0.490 e. The Morgan fingerprint density at radius 2 is 1.79 bits per heavy atom. The Labute approximate surface area is 162 Å². The third kappa shape index (κ3) is 3.83. The highest BCUT2D eigenvalue weighted by atomic mass is 16.5. The number of carbonyl (C=O) groups is 1. The SMILES string of the molecule is CCOc1ccc(C(=O)Nc2c(C)nc3cc(C)ccn3c2=O)cc1OCC. The highest BCUT2D eigenvalue weighted by Gasteiger charge is 2.16. The summed E-state index contributed by atoms with van der Waals surface area (Å²) in [5, 5.41) is 2.69. The summed E-state index contributed by atoms with van der Waals surface area (Å²) in [6, 6.07) is 8.56. The standard InChI is InChI=1S/C21H23N3O4/c1-5-27-16-8-7-15(12-17(16)28-6-2)20(25)23-19-14(4)22-18-11-13(3)9-10-24(18)21(19)26/h7-12H,5-6H2,1-4H3,(H,23,25). The third-order valence-corrected chi connectivity index (χ3v) is 4.21. The molecule has 7 heteroatoms. The van der Waals surface area contributed by atoms with Crippen LogP contribution in [0.25, 0.3) is 5.65 Å². The predicted octanol–water partition coefficient (Wildman–Crippen LogP) is 3.36. The van der Waals surface area contributed by atoms with Crippen LogP contribution in [-0.2, 0) is 0 Å². The molecule has 0 saturated heterocycles. The first kappa shape index (κ1) is 19.4. The van der Waals surface area contributed by atoms with Crippen molar-refractivity contribution in [2.75, 3.05) is 18.5 Å². The minimum atomic E-state index is -0.418. The fourth-order valence-electron chi connectivity index (χ4n) is 2.87. The quantitative estimate of drug-likeness (QED) is 0.708. The minimum absolute atomic E-state index is 0.151. The highest BCUT2D eigenvalue weighted by molar-refractivity contribution is 6.04. The van der Waals surface area contributed by atoms with E-state index in [9.17, 15) is 9.59 Å². The van der Waals surface area contributed by atoms with Gasteiger partial charge < -0.3 is 14.8 Å². The summed E-state index contributed by atoms with van der Waals surface area (Å²) < 4.78 is 12.5. The number of pyridine rings is 1. The van der Waals surface area contributed by atoms with Crippen molar-refractivity contribution in [3.63, 3.8) is 0 Å². The molecule has 0 aliphatic heterocycles. The fraction of sp³-hybridized carbons (Fsp3) is 0.286. The molecule has 2 aromatic heterocycles. The number of fused-ring (bicyclic) bond motifs is 1. The lowest BCUT2D eigenvalue weighted by Crippen LogP contribution is -2.25. The van der Waals surface area contributed by atoms with Crippen LogP contribution in [-0.4, -0.2) is 28.5 Å². The van der Waals surface area contributed by atoms with Gasteiger partial charge in [0.2, 0.25) is 0 Å². The Kier molecular flexibility index (Phi) is 5.63. The second kappa shape index (κ2) is 8.12. The number of anilines is 1. The molecule has 0 fully saturated rings. The van der Waals surface area contributed by atoms with Gasteiger partial charge >= 0.3 is 0 Å². The Balaban J connectivity index is 1.96. The van der Waals surface area contributed by atoms with Crippen LogP contribution in [0.4, 0.5) is 5.69 Å². The van der Waals surface area contributed by atoms with Gasteiger partial charge in [-0.1, -0.05) is 0 Å². The van der Waals surface area contributed by atoms with Crippen LogP contribution in [0.1, 0.15) is 35.5 Å². The van der Waals surface area contributed by atoms with Crippen LogP contribution in [0.5, 0.6) is 11.5 Å². The monoisotopic (exact) mass is 381 g/mol. The maximum absolute atomic E-state index is 12.8. The summed E-state index contributed by atoms with van der Waals surface area (Å²) in [6.45, 7) is 8.29. The Bertz CT molecular complexity index is 1090. The van der Waals surface area contributed by atoms with Crippen LogP contribution in [0.2, 0.25) is 0 Å². The summed E-state index contributed by atoms with van der Waals surface area (Å²) in [4.78, 5) is 30.0. The molecule has 3 aromatic rings. The Morgan fingerprint density at radius 3 is 2.50 bits per heavy atom. The van der Waals surface area contributed by atoms with E-state index in [1.807, 2.05) is 32.9 Å². The third-order valence-electron chi connectivity index (χ3n) is 4.21. The number of rotatable bonds is 6. The molecule has 0 bridgehead atoms. The summed E-state index contributed by atoms with van der Waals surface area (Å²) in [7, 11) is 0. The van der Waals surface area contributed by atoms with E-state index in [0.29, 0.717) is 41.6 Å². The lowest BCUT2D eigenvalue weighted by atomic mass is 10.1. The van der Waals surface area contributed by atoms with Crippen LogP contribution in [0.3, 0.4) is 0 Å². The second-order valence-corrected chi connectivity index (χ2v) is 6.29. The van der Waals surface area contributed by atoms with Crippen molar-refractivity contribution in [2.45, 2.75) is 27.7 Å².